The number of nitrogens with zero attached hydrogens (tertiary/aromatic N) is 3. The van der Waals surface area contributed by atoms with Crippen molar-refractivity contribution in [2.45, 2.75) is 27.2 Å². The van der Waals surface area contributed by atoms with Crippen LogP contribution < -0.4 is 10.6 Å². The summed E-state index contributed by atoms with van der Waals surface area (Å²) in [5.74, 6) is 0.517. The van der Waals surface area contributed by atoms with Gasteiger partial charge in [0.1, 0.15) is 5.82 Å². The van der Waals surface area contributed by atoms with Crippen LogP contribution in [-0.2, 0) is 11.2 Å². The topological polar surface area (TPSA) is 71.8 Å². The van der Waals surface area contributed by atoms with E-state index in [4.69, 9.17) is 0 Å². The minimum atomic E-state index is -0.129. The third kappa shape index (κ3) is 4.58. The largest absolute Gasteiger partial charge is 0.331 e. The smallest absolute Gasteiger partial charge is 0.231 e. The Bertz CT molecular complexity index is 1180. The summed E-state index contributed by atoms with van der Waals surface area (Å²) in [7, 11) is 0. The summed E-state index contributed by atoms with van der Waals surface area (Å²) >= 11 is 1.49. The van der Waals surface area contributed by atoms with Crippen molar-refractivity contribution in [1.82, 2.24) is 14.8 Å². The standard InChI is InChI=1S/C23H23N5OS/c1-15-9-10-16(2)20(11-15)25-23-24-18(14-30-23)13-22(29)26-21-12-17(3)27-28(21)19-7-5-4-6-8-19/h4-12,14H,13H2,1-3H3,(H,24,25)(H,26,29). The molecule has 0 saturated heterocycles. The molecule has 0 fully saturated rings. The van der Waals surface area contributed by atoms with Gasteiger partial charge in [-0.25, -0.2) is 9.67 Å². The van der Waals surface area contributed by atoms with E-state index < -0.39 is 0 Å². The highest BCUT2D eigenvalue weighted by molar-refractivity contribution is 7.13. The Labute approximate surface area is 179 Å². The lowest BCUT2D eigenvalue weighted by Gasteiger charge is -2.08. The summed E-state index contributed by atoms with van der Waals surface area (Å²) in [5.41, 5.74) is 5.83. The molecule has 4 aromatic rings. The zero-order valence-electron chi connectivity index (χ0n) is 17.1. The first-order valence-electron chi connectivity index (χ1n) is 9.68. The van der Waals surface area contributed by atoms with E-state index >= 15 is 0 Å². The van der Waals surface area contributed by atoms with Crippen LogP contribution in [0.3, 0.4) is 0 Å². The van der Waals surface area contributed by atoms with Gasteiger partial charge in [-0.05, 0) is 50.1 Å². The molecule has 0 unspecified atom stereocenters. The van der Waals surface area contributed by atoms with Crippen molar-refractivity contribution in [2.24, 2.45) is 0 Å². The van der Waals surface area contributed by atoms with Crippen LogP contribution in [0, 0.1) is 20.8 Å². The van der Waals surface area contributed by atoms with Gasteiger partial charge in [0.25, 0.3) is 0 Å². The number of amides is 1. The summed E-state index contributed by atoms with van der Waals surface area (Å²) in [6.07, 6.45) is 0.198. The number of anilines is 3. The second-order valence-electron chi connectivity index (χ2n) is 7.23. The number of thiazole rings is 1. The van der Waals surface area contributed by atoms with E-state index in [1.165, 1.54) is 16.9 Å². The highest BCUT2D eigenvalue weighted by Crippen LogP contribution is 2.25. The number of aromatic nitrogens is 3. The van der Waals surface area contributed by atoms with Crippen molar-refractivity contribution in [1.29, 1.82) is 0 Å². The molecular formula is C23H23N5OS. The molecule has 2 aromatic heterocycles. The molecule has 152 valence electrons. The zero-order chi connectivity index (χ0) is 21.1. The van der Waals surface area contributed by atoms with Gasteiger partial charge in [-0.3, -0.25) is 4.79 Å². The Morgan fingerprint density at radius 3 is 2.67 bits per heavy atom. The van der Waals surface area contributed by atoms with Crippen LogP contribution in [0.15, 0.2) is 60.0 Å². The lowest BCUT2D eigenvalue weighted by atomic mass is 10.1. The number of hydrogen-bond acceptors (Lipinski definition) is 5. The van der Waals surface area contributed by atoms with Crippen molar-refractivity contribution in [3.63, 3.8) is 0 Å². The summed E-state index contributed by atoms with van der Waals surface area (Å²) in [4.78, 5) is 17.2. The third-order valence-electron chi connectivity index (χ3n) is 4.63. The Hall–Kier alpha value is -3.45. The fraction of sp³-hybridized carbons (Fsp3) is 0.174. The van der Waals surface area contributed by atoms with Crippen LogP contribution in [0.5, 0.6) is 0 Å². The van der Waals surface area contributed by atoms with Gasteiger partial charge < -0.3 is 10.6 Å². The fourth-order valence-electron chi connectivity index (χ4n) is 3.14. The molecule has 7 heteroatoms. The first-order valence-corrected chi connectivity index (χ1v) is 10.6. The van der Waals surface area contributed by atoms with Gasteiger partial charge in [0.2, 0.25) is 5.91 Å². The molecule has 0 bridgehead atoms. The maximum Gasteiger partial charge on any atom is 0.231 e. The minimum Gasteiger partial charge on any atom is -0.331 e. The van der Waals surface area contributed by atoms with Crippen molar-refractivity contribution in [3.05, 3.63) is 82.5 Å². The highest BCUT2D eigenvalue weighted by Gasteiger charge is 2.13. The number of nitrogens with one attached hydrogen (secondary N) is 2. The Morgan fingerprint density at radius 2 is 1.87 bits per heavy atom. The molecule has 0 aliphatic carbocycles. The van der Waals surface area contributed by atoms with Crippen molar-refractivity contribution < 1.29 is 4.79 Å². The quantitative estimate of drug-likeness (QED) is 0.453. The maximum absolute atomic E-state index is 12.6. The zero-order valence-corrected chi connectivity index (χ0v) is 18.0. The van der Waals surface area contributed by atoms with Crippen LogP contribution >= 0.6 is 11.3 Å². The monoisotopic (exact) mass is 417 g/mol. The molecule has 0 spiro atoms. The second kappa shape index (κ2) is 8.51. The maximum atomic E-state index is 12.6. The number of carbonyl (C=O) groups excluding carboxylic acids is 1. The summed E-state index contributed by atoms with van der Waals surface area (Å²) in [6.45, 7) is 6.02. The molecular weight excluding hydrogens is 394 g/mol. The van der Waals surface area contributed by atoms with E-state index in [1.54, 1.807) is 4.68 Å². The molecule has 0 saturated carbocycles. The van der Waals surface area contributed by atoms with E-state index in [2.05, 4.69) is 52.8 Å². The van der Waals surface area contributed by atoms with Gasteiger partial charge in [0, 0.05) is 17.1 Å². The summed E-state index contributed by atoms with van der Waals surface area (Å²) < 4.78 is 1.74. The summed E-state index contributed by atoms with van der Waals surface area (Å²) in [6, 6.07) is 17.9. The molecule has 1 amide bonds. The van der Waals surface area contributed by atoms with E-state index in [-0.39, 0.29) is 12.3 Å². The Balaban J connectivity index is 1.44. The average molecular weight is 418 g/mol. The van der Waals surface area contributed by atoms with Gasteiger partial charge in [-0.1, -0.05) is 30.3 Å². The number of hydrogen-bond donors (Lipinski definition) is 2. The molecule has 30 heavy (non-hydrogen) atoms. The number of carbonyl (C=O) groups is 1. The number of rotatable bonds is 6. The SMILES string of the molecule is Cc1ccc(C)c(Nc2nc(CC(=O)Nc3cc(C)nn3-c3ccccc3)cs2)c1. The van der Waals surface area contributed by atoms with Gasteiger partial charge in [0.15, 0.2) is 5.13 Å². The van der Waals surface area contributed by atoms with E-state index in [0.29, 0.717) is 5.82 Å². The molecule has 2 aromatic carbocycles. The number of aryl methyl sites for hydroxylation is 3. The Kier molecular flexibility index (Phi) is 5.63. The lowest BCUT2D eigenvalue weighted by Crippen LogP contribution is -2.17. The predicted octanol–water partition coefficient (Wildman–Crippen LogP) is 5.18. The number of benzene rings is 2. The van der Waals surface area contributed by atoms with E-state index in [0.717, 1.165) is 33.5 Å². The molecule has 4 rings (SSSR count). The van der Waals surface area contributed by atoms with Gasteiger partial charge in [-0.15, -0.1) is 11.3 Å². The van der Waals surface area contributed by atoms with Gasteiger partial charge >= 0.3 is 0 Å². The lowest BCUT2D eigenvalue weighted by molar-refractivity contribution is -0.115. The molecule has 2 N–H and O–H groups in total. The van der Waals surface area contributed by atoms with Crippen LogP contribution in [0.2, 0.25) is 0 Å². The van der Waals surface area contributed by atoms with E-state index in [9.17, 15) is 4.79 Å². The van der Waals surface area contributed by atoms with E-state index in [1.807, 2.05) is 48.7 Å². The highest BCUT2D eigenvalue weighted by atomic mass is 32.1. The first-order chi connectivity index (χ1) is 14.5. The predicted molar refractivity (Wildman–Crippen MR) is 122 cm³/mol. The van der Waals surface area contributed by atoms with Crippen molar-refractivity contribution >= 4 is 33.9 Å². The average Bonchev–Trinajstić information content (AvgIpc) is 3.31. The molecule has 0 aliphatic rings. The van der Waals surface area contributed by atoms with Gasteiger partial charge in [-0.2, -0.15) is 5.10 Å². The van der Waals surface area contributed by atoms with Crippen molar-refractivity contribution in [3.8, 4) is 5.69 Å². The van der Waals surface area contributed by atoms with Gasteiger partial charge in [0.05, 0.1) is 23.5 Å². The third-order valence-corrected chi connectivity index (χ3v) is 5.43. The molecule has 6 nitrogen and oxygen atoms in total. The fourth-order valence-corrected chi connectivity index (χ4v) is 3.86. The van der Waals surface area contributed by atoms with Crippen LogP contribution in [0.25, 0.3) is 5.69 Å². The van der Waals surface area contributed by atoms with Crippen LogP contribution in [0.4, 0.5) is 16.6 Å². The first kappa shape index (κ1) is 19.8. The Morgan fingerprint density at radius 1 is 1.07 bits per heavy atom. The summed E-state index contributed by atoms with van der Waals surface area (Å²) in [5, 5.41) is 13.5. The van der Waals surface area contributed by atoms with Crippen LogP contribution in [0.1, 0.15) is 22.5 Å². The molecule has 0 aliphatic heterocycles. The normalized spacial score (nSPS) is 10.8. The molecule has 2 heterocycles. The second-order valence-corrected chi connectivity index (χ2v) is 8.09. The van der Waals surface area contributed by atoms with Crippen LogP contribution in [-0.4, -0.2) is 20.7 Å². The molecule has 0 radical (unpaired) electrons. The minimum absolute atomic E-state index is 0.129. The number of para-hydroxylation sites is 1. The van der Waals surface area contributed by atoms with Crippen molar-refractivity contribution in [2.75, 3.05) is 10.6 Å². The molecule has 0 atom stereocenters.